The first-order valence-corrected chi connectivity index (χ1v) is 9.42. The first kappa shape index (κ1) is 25.6. The molecule has 0 bridgehead atoms. The fraction of sp³-hybridized carbons (Fsp3) is 0.800. The number of rotatable bonds is 13. The standard InChI is InChI=1S/C20H36O7/c1-7-19(3,4)11-15(21)12-25-13-16(22)14-26-17(23)9-10-18(24)27-20(5,6)8-2/h9-10,15-16,21-22H,7-8,11-14H2,1-6H3/b10-9+. The zero-order valence-corrected chi connectivity index (χ0v) is 17.5. The van der Waals surface area contributed by atoms with Crippen LogP contribution in [0.5, 0.6) is 0 Å². The van der Waals surface area contributed by atoms with Crippen LogP contribution in [0.4, 0.5) is 0 Å². The van der Waals surface area contributed by atoms with Gasteiger partial charge in [-0.25, -0.2) is 9.59 Å². The van der Waals surface area contributed by atoms with Crippen LogP contribution >= 0.6 is 0 Å². The van der Waals surface area contributed by atoms with E-state index in [1.54, 1.807) is 13.8 Å². The molecule has 0 aromatic rings. The SMILES string of the molecule is CCC(C)(C)CC(O)COCC(O)COC(=O)/C=C/C(=O)OC(C)(C)CC. The number of aliphatic hydroxyl groups excluding tert-OH is 2. The number of carbonyl (C=O) groups excluding carboxylic acids is 2. The Hall–Kier alpha value is -1.44. The number of aliphatic hydroxyl groups is 2. The molecular formula is C20H36O7. The van der Waals surface area contributed by atoms with Crippen LogP contribution in [-0.2, 0) is 23.8 Å². The van der Waals surface area contributed by atoms with Crippen LogP contribution in [0, 0.1) is 5.41 Å². The minimum absolute atomic E-state index is 0.0246. The van der Waals surface area contributed by atoms with E-state index in [1.165, 1.54) is 0 Å². The molecule has 0 aromatic heterocycles. The topological polar surface area (TPSA) is 102 Å². The second-order valence-corrected chi connectivity index (χ2v) is 8.06. The molecule has 0 saturated carbocycles. The second-order valence-electron chi connectivity index (χ2n) is 8.06. The summed E-state index contributed by atoms with van der Waals surface area (Å²) in [5, 5.41) is 19.7. The number of hydrogen-bond acceptors (Lipinski definition) is 7. The smallest absolute Gasteiger partial charge is 0.331 e. The van der Waals surface area contributed by atoms with Gasteiger partial charge < -0.3 is 24.4 Å². The lowest BCUT2D eigenvalue weighted by Gasteiger charge is -2.25. The van der Waals surface area contributed by atoms with Crippen molar-refractivity contribution < 1.29 is 34.0 Å². The summed E-state index contributed by atoms with van der Waals surface area (Å²) in [5.74, 6) is -1.39. The zero-order chi connectivity index (χ0) is 21.1. The lowest BCUT2D eigenvalue weighted by atomic mass is 9.84. The first-order chi connectivity index (χ1) is 12.4. The van der Waals surface area contributed by atoms with Crippen molar-refractivity contribution in [3.05, 3.63) is 12.2 Å². The van der Waals surface area contributed by atoms with E-state index in [1.807, 2.05) is 6.92 Å². The molecule has 0 radical (unpaired) electrons. The molecule has 0 spiro atoms. The van der Waals surface area contributed by atoms with E-state index in [4.69, 9.17) is 14.2 Å². The van der Waals surface area contributed by atoms with Gasteiger partial charge in [-0.05, 0) is 32.1 Å². The van der Waals surface area contributed by atoms with Crippen LogP contribution in [0.25, 0.3) is 0 Å². The lowest BCUT2D eigenvalue weighted by molar-refractivity contribution is -0.151. The highest BCUT2D eigenvalue weighted by Gasteiger charge is 2.21. The molecule has 0 amide bonds. The average Bonchev–Trinajstić information content (AvgIpc) is 2.57. The third-order valence-corrected chi connectivity index (χ3v) is 4.37. The fourth-order valence-electron chi connectivity index (χ4n) is 1.97. The number of hydrogen-bond donors (Lipinski definition) is 2. The lowest BCUT2D eigenvalue weighted by Crippen LogP contribution is -2.28. The van der Waals surface area contributed by atoms with Crippen molar-refractivity contribution in [3.63, 3.8) is 0 Å². The van der Waals surface area contributed by atoms with E-state index in [-0.39, 0.29) is 25.2 Å². The van der Waals surface area contributed by atoms with Crippen molar-refractivity contribution in [2.24, 2.45) is 5.41 Å². The maximum absolute atomic E-state index is 11.6. The maximum atomic E-state index is 11.6. The van der Waals surface area contributed by atoms with Gasteiger partial charge in [0.15, 0.2) is 0 Å². The van der Waals surface area contributed by atoms with Crippen molar-refractivity contribution in [3.8, 4) is 0 Å². The van der Waals surface area contributed by atoms with Crippen molar-refractivity contribution in [2.75, 3.05) is 19.8 Å². The van der Waals surface area contributed by atoms with Crippen LogP contribution in [0.3, 0.4) is 0 Å². The molecule has 0 fully saturated rings. The number of carbonyl (C=O) groups is 2. The maximum Gasteiger partial charge on any atom is 0.331 e. The summed E-state index contributed by atoms with van der Waals surface area (Å²) in [6, 6.07) is 0. The largest absolute Gasteiger partial charge is 0.460 e. The fourth-order valence-corrected chi connectivity index (χ4v) is 1.97. The monoisotopic (exact) mass is 388 g/mol. The normalized spacial score (nSPS) is 14.8. The van der Waals surface area contributed by atoms with Crippen LogP contribution < -0.4 is 0 Å². The Labute approximate surface area is 162 Å². The minimum atomic E-state index is -1.01. The van der Waals surface area contributed by atoms with Gasteiger partial charge in [-0.2, -0.15) is 0 Å². The molecule has 0 aromatic carbocycles. The second kappa shape index (κ2) is 12.1. The van der Waals surface area contributed by atoms with E-state index >= 15 is 0 Å². The Morgan fingerprint density at radius 1 is 0.889 bits per heavy atom. The third kappa shape index (κ3) is 13.4. The quantitative estimate of drug-likeness (QED) is 0.369. The summed E-state index contributed by atoms with van der Waals surface area (Å²) in [4.78, 5) is 23.1. The zero-order valence-electron chi connectivity index (χ0n) is 17.5. The summed E-state index contributed by atoms with van der Waals surface area (Å²) >= 11 is 0. The highest BCUT2D eigenvalue weighted by molar-refractivity contribution is 5.91. The Morgan fingerprint density at radius 3 is 2.00 bits per heavy atom. The van der Waals surface area contributed by atoms with Gasteiger partial charge in [0.05, 0.1) is 19.3 Å². The summed E-state index contributed by atoms with van der Waals surface area (Å²) < 4.78 is 15.3. The molecule has 27 heavy (non-hydrogen) atoms. The molecule has 7 heteroatoms. The Morgan fingerprint density at radius 2 is 1.44 bits per heavy atom. The van der Waals surface area contributed by atoms with E-state index in [0.29, 0.717) is 12.8 Å². The van der Waals surface area contributed by atoms with Gasteiger partial charge >= 0.3 is 11.9 Å². The van der Waals surface area contributed by atoms with E-state index in [9.17, 15) is 19.8 Å². The van der Waals surface area contributed by atoms with Gasteiger partial charge in [-0.1, -0.05) is 34.1 Å². The van der Waals surface area contributed by atoms with Crippen LogP contribution in [0.2, 0.25) is 0 Å². The molecule has 0 rings (SSSR count). The van der Waals surface area contributed by atoms with E-state index < -0.39 is 29.7 Å². The molecule has 2 N–H and O–H groups in total. The van der Waals surface area contributed by atoms with Crippen molar-refractivity contribution in [1.82, 2.24) is 0 Å². The number of esters is 2. The Balaban J connectivity index is 4.04. The summed E-state index contributed by atoms with van der Waals surface area (Å²) in [7, 11) is 0. The van der Waals surface area contributed by atoms with Crippen molar-refractivity contribution in [1.29, 1.82) is 0 Å². The summed E-state index contributed by atoms with van der Waals surface area (Å²) in [6.07, 6.45) is 2.51. The van der Waals surface area contributed by atoms with Gasteiger partial charge in [-0.3, -0.25) is 0 Å². The predicted molar refractivity (Wildman–Crippen MR) is 102 cm³/mol. The molecule has 2 atom stereocenters. The van der Waals surface area contributed by atoms with E-state index in [2.05, 4.69) is 20.8 Å². The van der Waals surface area contributed by atoms with Crippen molar-refractivity contribution >= 4 is 11.9 Å². The van der Waals surface area contributed by atoms with Crippen LogP contribution in [-0.4, -0.2) is 59.8 Å². The molecule has 158 valence electrons. The van der Waals surface area contributed by atoms with Gasteiger partial charge in [0, 0.05) is 12.2 Å². The van der Waals surface area contributed by atoms with Gasteiger partial charge in [-0.15, -0.1) is 0 Å². The average molecular weight is 389 g/mol. The predicted octanol–water partition coefficient (Wildman–Crippen LogP) is 2.38. The molecule has 0 saturated heterocycles. The molecule has 0 aliphatic carbocycles. The van der Waals surface area contributed by atoms with Gasteiger partial charge in [0.1, 0.15) is 18.3 Å². The van der Waals surface area contributed by atoms with Crippen LogP contribution in [0.15, 0.2) is 12.2 Å². The molecule has 0 aliphatic rings. The van der Waals surface area contributed by atoms with Gasteiger partial charge in [0.2, 0.25) is 0 Å². The summed E-state index contributed by atoms with van der Waals surface area (Å²) in [5.41, 5.74) is -0.577. The molecule has 7 nitrogen and oxygen atoms in total. The molecule has 2 unspecified atom stereocenters. The van der Waals surface area contributed by atoms with Crippen molar-refractivity contribution in [2.45, 2.75) is 78.6 Å². The molecule has 0 heterocycles. The number of ether oxygens (including phenoxy) is 3. The molecule has 0 aliphatic heterocycles. The Bertz CT molecular complexity index is 483. The minimum Gasteiger partial charge on any atom is -0.460 e. The van der Waals surface area contributed by atoms with Gasteiger partial charge in [0.25, 0.3) is 0 Å². The third-order valence-electron chi connectivity index (χ3n) is 4.37. The molecular weight excluding hydrogens is 352 g/mol. The van der Waals surface area contributed by atoms with E-state index in [0.717, 1.165) is 18.6 Å². The summed E-state index contributed by atoms with van der Waals surface area (Å²) in [6.45, 7) is 11.4. The first-order valence-electron chi connectivity index (χ1n) is 9.42. The highest BCUT2D eigenvalue weighted by atomic mass is 16.6. The Kier molecular flexibility index (Phi) is 11.5. The van der Waals surface area contributed by atoms with Crippen LogP contribution in [0.1, 0.15) is 60.8 Å². The highest BCUT2D eigenvalue weighted by Crippen LogP contribution is 2.26.